The highest BCUT2D eigenvalue weighted by atomic mass is 32.2. The van der Waals surface area contributed by atoms with Crippen LogP contribution >= 0.6 is 11.8 Å². The van der Waals surface area contributed by atoms with Crippen molar-refractivity contribution >= 4 is 11.8 Å². The van der Waals surface area contributed by atoms with Crippen LogP contribution in [-0.2, 0) is 4.74 Å². The fraction of sp³-hybridized carbons (Fsp3) is 1.00. The Morgan fingerprint density at radius 1 is 1.22 bits per heavy atom. The fourth-order valence-electron chi connectivity index (χ4n) is 1.04. The third kappa shape index (κ3) is 1.24. The van der Waals surface area contributed by atoms with Gasteiger partial charge in [0.1, 0.15) is 5.44 Å². The Morgan fingerprint density at radius 3 is 2.33 bits per heavy atom. The molecule has 1 nitrogen and oxygen atoms in total. The molecule has 52 valence electrons. The van der Waals surface area contributed by atoms with Gasteiger partial charge >= 0.3 is 0 Å². The van der Waals surface area contributed by atoms with Crippen molar-refractivity contribution in [3.8, 4) is 0 Å². The highest BCUT2D eigenvalue weighted by molar-refractivity contribution is 8.00. The summed E-state index contributed by atoms with van der Waals surface area (Å²) in [4.78, 5) is 0. The van der Waals surface area contributed by atoms with Gasteiger partial charge in [-0.05, 0) is 12.8 Å². The van der Waals surface area contributed by atoms with Gasteiger partial charge in [0.25, 0.3) is 0 Å². The van der Waals surface area contributed by atoms with E-state index in [2.05, 4.69) is 11.8 Å². The van der Waals surface area contributed by atoms with E-state index in [-0.39, 0.29) is 0 Å². The van der Waals surface area contributed by atoms with Gasteiger partial charge in [0.2, 0.25) is 0 Å². The van der Waals surface area contributed by atoms with Crippen molar-refractivity contribution in [2.24, 2.45) is 0 Å². The molecule has 2 rings (SSSR count). The Kier molecular flexibility index (Phi) is 1.68. The van der Waals surface area contributed by atoms with Crippen LogP contribution in [0.2, 0.25) is 0 Å². The lowest BCUT2D eigenvalue weighted by Crippen LogP contribution is -2.28. The predicted octanol–water partition coefficient (Wildman–Crippen LogP) is 2.02. The van der Waals surface area contributed by atoms with Crippen molar-refractivity contribution in [2.45, 2.75) is 36.4 Å². The molecule has 2 aliphatic rings. The van der Waals surface area contributed by atoms with E-state index in [1.807, 2.05) is 0 Å². The van der Waals surface area contributed by atoms with Crippen LogP contribution in [0.3, 0.4) is 0 Å². The average Bonchev–Trinajstić information content (AvgIpc) is 1.57. The van der Waals surface area contributed by atoms with Gasteiger partial charge in [0.15, 0.2) is 0 Å². The summed E-state index contributed by atoms with van der Waals surface area (Å²) >= 11 is 2.05. The molecule has 0 aromatic rings. The molecular formula is C7H12OS. The second-order valence-corrected chi connectivity index (χ2v) is 4.24. The second-order valence-electron chi connectivity index (χ2n) is 2.78. The molecule has 1 saturated carbocycles. The van der Waals surface area contributed by atoms with Crippen LogP contribution in [-0.4, -0.2) is 17.3 Å². The van der Waals surface area contributed by atoms with Crippen molar-refractivity contribution in [3.05, 3.63) is 0 Å². The van der Waals surface area contributed by atoms with E-state index in [0.717, 1.165) is 11.9 Å². The first-order valence-corrected chi connectivity index (χ1v) is 4.66. The monoisotopic (exact) mass is 144 g/mol. The molecule has 1 unspecified atom stereocenters. The van der Waals surface area contributed by atoms with Gasteiger partial charge in [-0.3, -0.25) is 0 Å². The first-order chi connectivity index (χ1) is 4.45. The minimum Gasteiger partial charge on any atom is -0.367 e. The second kappa shape index (κ2) is 2.51. The molecule has 1 atom stereocenters. The fourth-order valence-corrected chi connectivity index (χ4v) is 2.48. The molecule has 0 bridgehead atoms. The molecule has 9 heavy (non-hydrogen) atoms. The van der Waals surface area contributed by atoms with Gasteiger partial charge in [-0.15, -0.1) is 11.8 Å². The summed E-state index contributed by atoms with van der Waals surface area (Å²) in [5, 5.41) is 0.954. The van der Waals surface area contributed by atoms with E-state index >= 15 is 0 Å². The van der Waals surface area contributed by atoms with Crippen LogP contribution < -0.4 is 0 Å². The van der Waals surface area contributed by atoms with E-state index in [0.29, 0.717) is 5.44 Å². The van der Waals surface area contributed by atoms with Crippen LogP contribution in [0.15, 0.2) is 0 Å². The summed E-state index contributed by atoms with van der Waals surface area (Å²) in [6.07, 6.45) is 5.61. The largest absolute Gasteiger partial charge is 0.367 e. The molecule has 0 N–H and O–H groups in total. The number of hydrogen-bond donors (Lipinski definition) is 0. The zero-order chi connectivity index (χ0) is 6.10. The molecule has 0 amide bonds. The smallest absolute Gasteiger partial charge is 0.105 e. The lowest BCUT2D eigenvalue weighted by molar-refractivity contribution is 0.00912. The topological polar surface area (TPSA) is 9.23 Å². The van der Waals surface area contributed by atoms with Crippen molar-refractivity contribution in [1.82, 2.24) is 0 Å². The molecule has 1 saturated heterocycles. The predicted molar refractivity (Wildman–Crippen MR) is 39.6 cm³/mol. The van der Waals surface area contributed by atoms with E-state index in [1.54, 1.807) is 0 Å². The highest BCUT2D eigenvalue weighted by Crippen LogP contribution is 2.37. The Morgan fingerprint density at radius 2 is 2.00 bits per heavy atom. The van der Waals surface area contributed by atoms with Crippen molar-refractivity contribution < 1.29 is 4.74 Å². The molecule has 0 aromatic carbocycles. The lowest BCUT2D eigenvalue weighted by Gasteiger charge is -2.33. The SMILES string of the molecule is C1CC(SC2CCO2)C1. The normalized spacial score (nSPS) is 35.3. The number of thioether (sulfide) groups is 1. The maximum Gasteiger partial charge on any atom is 0.105 e. The number of ether oxygens (including phenoxy) is 1. The van der Waals surface area contributed by atoms with E-state index in [4.69, 9.17) is 4.74 Å². The molecule has 1 heterocycles. The Hall–Kier alpha value is 0.310. The van der Waals surface area contributed by atoms with Gasteiger partial charge in [-0.2, -0.15) is 0 Å². The van der Waals surface area contributed by atoms with Crippen molar-refractivity contribution in [3.63, 3.8) is 0 Å². The van der Waals surface area contributed by atoms with Gasteiger partial charge in [0, 0.05) is 11.7 Å². The number of rotatable bonds is 2. The van der Waals surface area contributed by atoms with Gasteiger partial charge in [-0.25, -0.2) is 0 Å². The molecule has 2 heteroatoms. The highest BCUT2D eigenvalue weighted by Gasteiger charge is 2.26. The summed E-state index contributed by atoms with van der Waals surface area (Å²) in [7, 11) is 0. The van der Waals surface area contributed by atoms with Crippen LogP contribution in [0.1, 0.15) is 25.7 Å². The maximum absolute atomic E-state index is 5.30. The van der Waals surface area contributed by atoms with E-state index in [1.165, 1.54) is 25.7 Å². The first kappa shape index (κ1) is 6.05. The zero-order valence-corrected chi connectivity index (χ0v) is 6.32. The van der Waals surface area contributed by atoms with Crippen LogP contribution in [0.25, 0.3) is 0 Å². The maximum atomic E-state index is 5.30. The van der Waals surface area contributed by atoms with Gasteiger partial charge in [0.05, 0.1) is 6.61 Å². The molecular weight excluding hydrogens is 132 g/mol. The lowest BCUT2D eigenvalue weighted by atomic mass is 10.00. The summed E-state index contributed by atoms with van der Waals surface area (Å²) in [5.41, 5.74) is 0.579. The van der Waals surface area contributed by atoms with Crippen molar-refractivity contribution in [2.75, 3.05) is 6.61 Å². The zero-order valence-electron chi connectivity index (χ0n) is 5.51. The van der Waals surface area contributed by atoms with Gasteiger partial charge in [-0.1, -0.05) is 6.42 Å². The molecule has 0 aromatic heterocycles. The van der Waals surface area contributed by atoms with E-state index in [9.17, 15) is 0 Å². The third-order valence-electron chi connectivity index (χ3n) is 2.05. The number of hydrogen-bond acceptors (Lipinski definition) is 2. The quantitative estimate of drug-likeness (QED) is 0.586. The first-order valence-electron chi connectivity index (χ1n) is 3.72. The Bertz CT molecular complexity index is 85.1. The molecule has 1 aliphatic heterocycles. The molecule has 1 aliphatic carbocycles. The Labute approximate surface area is 60.2 Å². The van der Waals surface area contributed by atoms with Gasteiger partial charge < -0.3 is 4.74 Å². The van der Waals surface area contributed by atoms with Crippen LogP contribution in [0.5, 0.6) is 0 Å². The molecule has 0 radical (unpaired) electrons. The summed E-state index contributed by atoms with van der Waals surface area (Å²) in [5.74, 6) is 0. The molecule has 2 fully saturated rings. The van der Waals surface area contributed by atoms with Crippen LogP contribution in [0.4, 0.5) is 0 Å². The Balaban J connectivity index is 1.64. The summed E-state index contributed by atoms with van der Waals surface area (Å²) in [6.45, 7) is 1.00. The summed E-state index contributed by atoms with van der Waals surface area (Å²) < 4.78 is 5.30. The minimum absolute atomic E-state index is 0.579. The van der Waals surface area contributed by atoms with Crippen molar-refractivity contribution in [1.29, 1.82) is 0 Å². The third-order valence-corrected chi connectivity index (χ3v) is 3.59. The van der Waals surface area contributed by atoms with E-state index < -0.39 is 0 Å². The van der Waals surface area contributed by atoms with Crippen LogP contribution in [0, 0.1) is 0 Å². The average molecular weight is 144 g/mol. The standard InChI is InChI=1S/C7H12OS/c1-2-6(3-1)9-7-4-5-8-7/h6-7H,1-5H2. The molecule has 0 spiro atoms. The summed E-state index contributed by atoms with van der Waals surface area (Å²) in [6, 6.07) is 0. The minimum atomic E-state index is 0.579.